The molecule has 10 heteroatoms. The molecule has 0 radical (unpaired) electrons. The summed E-state index contributed by atoms with van der Waals surface area (Å²) in [5, 5.41) is 9.05. The van der Waals surface area contributed by atoms with Gasteiger partial charge in [-0.15, -0.1) is 0 Å². The number of carbonyl (C=O) groups is 1. The molecule has 0 aliphatic heterocycles. The second-order valence-electron chi connectivity index (χ2n) is 6.44. The van der Waals surface area contributed by atoms with E-state index in [4.69, 9.17) is 4.52 Å². The van der Waals surface area contributed by atoms with Gasteiger partial charge in [-0.25, -0.2) is 13.6 Å². The minimum atomic E-state index is -4.20. The Morgan fingerprint density at radius 1 is 1.29 bits per heavy atom. The number of nitrogens with one attached hydrogen (secondary N) is 2. The topological polar surface area (TPSA) is 76.4 Å². The van der Waals surface area contributed by atoms with Crippen LogP contribution in [0.1, 0.15) is 36.8 Å². The lowest BCUT2D eigenvalue weighted by molar-refractivity contribution is -0.168. The Bertz CT molecular complexity index is 781. The molecule has 2 amide bonds. The Balaban J connectivity index is 1.81. The van der Waals surface area contributed by atoms with Gasteiger partial charge in [0.25, 0.3) is 0 Å². The van der Waals surface area contributed by atoms with Crippen LogP contribution >= 0.6 is 0 Å². The molecule has 1 aromatic heterocycles. The molecule has 2 rings (SSSR count). The number of benzene rings is 1. The largest absolute Gasteiger partial charge is 0.370 e. The number of rotatable bonds is 9. The standard InChI is InChI=1S/C18H21F4N3O3/c1-11(2)15-7-14(28-25-15)8-23-17(26)24-13-5-3-4-12(6-13)9-27-10-18(21,22)16(19)20/h3-7,11,16H,8-10H2,1-2H3,(H2,23,24,26). The highest BCUT2D eigenvalue weighted by atomic mass is 19.3. The van der Waals surface area contributed by atoms with E-state index < -0.39 is 25.0 Å². The van der Waals surface area contributed by atoms with Crippen molar-refractivity contribution in [1.82, 2.24) is 10.5 Å². The second-order valence-corrected chi connectivity index (χ2v) is 6.44. The van der Waals surface area contributed by atoms with E-state index in [9.17, 15) is 22.4 Å². The molecule has 0 aliphatic rings. The molecule has 0 bridgehead atoms. The lowest BCUT2D eigenvalue weighted by Crippen LogP contribution is -2.32. The average Bonchev–Trinajstić information content (AvgIpc) is 3.09. The molecule has 0 saturated carbocycles. The van der Waals surface area contributed by atoms with Crippen LogP contribution in [0.2, 0.25) is 0 Å². The number of halogens is 4. The number of hydrogen-bond acceptors (Lipinski definition) is 4. The number of hydrogen-bond donors (Lipinski definition) is 2. The fraction of sp³-hybridized carbons (Fsp3) is 0.444. The van der Waals surface area contributed by atoms with Gasteiger partial charge in [0.05, 0.1) is 18.8 Å². The summed E-state index contributed by atoms with van der Waals surface area (Å²) in [5.41, 5.74) is 1.61. The third kappa shape index (κ3) is 6.52. The lowest BCUT2D eigenvalue weighted by Gasteiger charge is -2.15. The summed E-state index contributed by atoms with van der Waals surface area (Å²) in [4.78, 5) is 12.0. The number of carbonyl (C=O) groups excluding carboxylic acids is 1. The van der Waals surface area contributed by atoms with Crippen LogP contribution in [0, 0.1) is 0 Å². The van der Waals surface area contributed by atoms with Gasteiger partial charge in [0.2, 0.25) is 0 Å². The maximum atomic E-state index is 12.8. The molecule has 6 nitrogen and oxygen atoms in total. The molecule has 0 atom stereocenters. The monoisotopic (exact) mass is 403 g/mol. The van der Waals surface area contributed by atoms with E-state index >= 15 is 0 Å². The molecular formula is C18H21F4N3O3. The molecule has 0 unspecified atom stereocenters. The molecule has 0 spiro atoms. The normalized spacial score (nSPS) is 11.9. The number of anilines is 1. The molecule has 0 fully saturated rings. The summed E-state index contributed by atoms with van der Waals surface area (Å²) in [7, 11) is 0. The molecule has 1 aromatic carbocycles. The van der Waals surface area contributed by atoms with Gasteiger partial charge < -0.3 is 19.9 Å². The highest BCUT2D eigenvalue weighted by Crippen LogP contribution is 2.23. The van der Waals surface area contributed by atoms with Gasteiger partial charge in [-0.3, -0.25) is 0 Å². The van der Waals surface area contributed by atoms with E-state index in [1.165, 1.54) is 6.07 Å². The van der Waals surface area contributed by atoms with Crippen molar-refractivity contribution in [2.45, 2.75) is 45.3 Å². The Labute approximate surface area is 159 Å². The summed E-state index contributed by atoms with van der Waals surface area (Å²) in [6.07, 6.45) is -3.79. The molecule has 0 aliphatic carbocycles. The first-order valence-corrected chi connectivity index (χ1v) is 8.50. The average molecular weight is 403 g/mol. The minimum absolute atomic E-state index is 0.136. The van der Waals surface area contributed by atoms with Crippen molar-refractivity contribution in [3.8, 4) is 0 Å². The lowest BCUT2D eigenvalue weighted by atomic mass is 10.1. The maximum Gasteiger partial charge on any atom is 0.330 e. The zero-order valence-electron chi connectivity index (χ0n) is 15.3. The third-order valence-corrected chi connectivity index (χ3v) is 3.66. The molecule has 2 aromatic rings. The number of urea groups is 1. The van der Waals surface area contributed by atoms with E-state index in [1.807, 2.05) is 13.8 Å². The van der Waals surface area contributed by atoms with Crippen molar-refractivity contribution in [2.75, 3.05) is 11.9 Å². The molecule has 28 heavy (non-hydrogen) atoms. The van der Waals surface area contributed by atoms with Crippen LogP contribution in [-0.2, 0) is 17.9 Å². The molecule has 2 N–H and O–H groups in total. The maximum absolute atomic E-state index is 12.8. The van der Waals surface area contributed by atoms with Crippen LogP contribution in [0.4, 0.5) is 28.0 Å². The van der Waals surface area contributed by atoms with Crippen molar-refractivity contribution in [3.05, 3.63) is 47.3 Å². The fourth-order valence-corrected chi connectivity index (χ4v) is 2.13. The number of ether oxygens (including phenoxy) is 1. The highest BCUT2D eigenvalue weighted by molar-refractivity contribution is 5.89. The highest BCUT2D eigenvalue weighted by Gasteiger charge is 2.40. The molecule has 154 valence electrons. The number of nitrogens with zero attached hydrogens (tertiary/aromatic N) is 1. The smallest absolute Gasteiger partial charge is 0.330 e. The minimum Gasteiger partial charge on any atom is -0.370 e. The SMILES string of the molecule is CC(C)c1cc(CNC(=O)Nc2cccc(COCC(F)(F)C(F)F)c2)on1. The number of amides is 2. The van der Waals surface area contributed by atoms with E-state index in [1.54, 1.807) is 24.3 Å². The van der Waals surface area contributed by atoms with Crippen LogP contribution in [0.15, 0.2) is 34.9 Å². The first kappa shape index (κ1) is 21.7. The van der Waals surface area contributed by atoms with Gasteiger partial charge in [-0.2, -0.15) is 8.78 Å². The van der Waals surface area contributed by atoms with Crippen molar-refractivity contribution < 1.29 is 31.6 Å². The summed E-state index contributed by atoms with van der Waals surface area (Å²) in [6, 6.07) is 7.45. The summed E-state index contributed by atoms with van der Waals surface area (Å²) in [5.74, 6) is -3.50. The fourth-order valence-electron chi connectivity index (χ4n) is 2.13. The Morgan fingerprint density at radius 2 is 2.04 bits per heavy atom. The van der Waals surface area contributed by atoms with Crippen LogP contribution < -0.4 is 10.6 Å². The van der Waals surface area contributed by atoms with E-state index in [0.717, 1.165) is 5.69 Å². The second kappa shape index (κ2) is 9.54. The van der Waals surface area contributed by atoms with Gasteiger partial charge in [0.15, 0.2) is 5.76 Å². The van der Waals surface area contributed by atoms with Gasteiger partial charge in [-0.1, -0.05) is 31.1 Å². The van der Waals surface area contributed by atoms with Gasteiger partial charge >= 0.3 is 18.4 Å². The van der Waals surface area contributed by atoms with Gasteiger partial charge in [0.1, 0.15) is 6.61 Å². The zero-order valence-corrected chi connectivity index (χ0v) is 15.3. The summed E-state index contributed by atoms with van der Waals surface area (Å²) >= 11 is 0. The Morgan fingerprint density at radius 3 is 2.68 bits per heavy atom. The first-order valence-electron chi connectivity index (χ1n) is 8.50. The summed E-state index contributed by atoms with van der Waals surface area (Å²) in [6.45, 7) is 2.38. The first-order chi connectivity index (χ1) is 13.2. The van der Waals surface area contributed by atoms with Crippen molar-refractivity contribution in [1.29, 1.82) is 0 Å². The predicted molar refractivity (Wildman–Crippen MR) is 93.5 cm³/mol. The van der Waals surface area contributed by atoms with E-state index in [-0.39, 0.29) is 19.1 Å². The number of aromatic nitrogens is 1. The van der Waals surface area contributed by atoms with Crippen molar-refractivity contribution in [3.63, 3.8) is 0 Å². The molecule has 0 saturated heterocycles. The molecular weight excluding hydrogens is 382 g/mol. The Kier molecular flexibility index (Phi) is 7.38. The van der Waals surface area contributed by atoms with Gasteiger partial charge in [-0.05, 0) is 23.6 Å². The number of alkyl halides is 4. The quantitative estimate of drug-likeness (QED) is 0.603. The van der Waals surface area contributed by atoms with Crippen LogP contribution in [-0.4, -0.2) is 30.1 Å². The van der Waals surface area contributed by atoms with Crippen LogP contribution in [0.5, 0.6) is 0 Å². The summed E-state index contributed by atoms with van der Waals surface area (Å²) < 4.78 is 59.6. The van der Waals surface area contributed by atoms with Crippen LogP contribution in [0.25, 0.3) is 0 Å². The van der Waals surface area contributed by atoms with E-state index in [2.05, 4.69) is 20.5 Å². The van der Waals surface area contributed by atoms with E-state index in [0.29, 0.717) is 17.0 Å². The zero-order chi connectivity index (χ0) is 20.7. The third-order valence-electron chi connectivity index (χ3n) is 3.66. The van der Waals surface area contributed by atoms with Gasteiger partial charge in [0, 0.05) is 11.8 Å². The van der Waals surface area contributed by atoms with Crippen LogP contribution in [0.3, 0.4) is 0 Å². The van der Waals surface area contributed by atoms with Crippen molar-refractivity contribution >= 4 is 11.7 Å². The predicted octanol–water partition coefficient (Wildman–Crippen LogP) is 4.54. The van der Waals surface area contributed by atoms with Crippen molar-refractivity contribution in [2.24, 2.45) is 0 Å². The Hall–Kier alpha value is -2.62. The molecule has 1 heterocycles.